The molecule has 0 unspecified atom stereocenters. The summed E-state index contributed by atoms with van der Waals surface area (Å²) in [6.45, 7) is 7.56. The molecule has 1 aromatic rings. The molecular formula is C13H14. The van der Waals surface area contributed by atoms with Crippen LogP contribution in [-0.4, -0.2) is 0 Å². The molecule has 66 valence electrons. The smallest absolute Gasteiger partial charge is 0.00316 e. The van der Waals surface area contributed by atoms with Crippen molar-refractivity contribution in [3.8, 4) is 0 Å². The van der Waals surface area contributed by atoms with Crippen LogP contribution in [0.1, 0.15) is 5.56 Å². The van der Waals surface area contributed by atoms with Crippen LogP contribution in [0.15, 0.2) is 67.3 Å². The van der Waals surface area contributed by atoms with Gasteiger partial charge >= 0.3 is 0 Å². The molecular weight excluding hydrogens is 156 g/mol. The highest BCUT2D eigenvalue weighted by molar-refractivity contribution is 5.27. The third-order valence-corrected chi connectivity index (χ3v) is 1.74. The lowest BCUT2D eigenvalue weighted by molar-refractivity contribution is 1.21. The van der Waals surface area contributed by atoms with E-state index in [4.69, 9.17) is 0 Å². The van der Waals surface area contributed by atoms with Crippen molar-refractivity contribution in [2.24, 2.45) is 0 Å². The Hall–Kier alpha value is -1.56. The lowest BCUT2D eigenvalue weighted by atomic mass is 10.1. The number of hydrogen-bond donors (Lipinski definition) is 0. The first kappa shape index (κ1) is 9.53. The van der Waals surface area contributed by atoms with Gasteiger partial charge in [0.2, 0.25) is 0 Å². The summed E-state index contributed by atoms with van der Waals surface area (Å²) in [5.74, 6) is 0. The molecule has 0 heterocycles. The second-order valence-electron chi connectivity index (χ2n) is 2.92. The highest BCUT2D eigenvalue weighted by atomic mass is 14.0. The van der Waals surface area contributed by atoms with Crippen molar-refractivity contribution in [3.05, 3.63) is 72.9 Å². The third kappa shape index (κ3) is 3.57. The normalized spacial score (nSPS) is 10.2. The average Bonchev–Trinajstić information content (AvgIpc) is 2.16. The molecule has 0 aliphatic carbocycles. The first-order valence-electron chi connectivity index (χ1n) is 4.33. The Kier molecular flexibility index (Phi) is 3.77. The zero-order valence-corrected chi connectivity index (χ0v) is 7.74. The summed E-state index contributed by atoms with van der Waals surface area (Å²) in [4.78, 5) is 0. The molecule has 0 spiro atoms. The van der Waals surface area contributed by atoms with Gasteiger partial charge in [-0.25, -0.2) is 0 Å². The second-order valence-corrected chi connectivity index (χ2v) is 2.92. The topological polar surface area (TPSA) is 0 Å². The van der Waals surface area contributed by atoms with Crippen LogP contribution in [0.3, 0.4) is 0 Å². The Labute approximate surface area is 79.9 Å². The minimum absolute atomic E-state index is 0.908. The predicted molar refractivity (Wildman–Crippen MR) is 58.6 cm³/mol. The van der Waals surface area contributed by atoms with Gasteiger partial charge in [-0.3, -0.25) is 0 Å². The molecule has 0 saturated carbocycles. The largest absolute Gasteiger partial charge is 0.0991 e. The summed E-state index contributed by atoms with van der Waals surface area (Å²) in [6.07, 6.45) is 6.56. The maximum atomic E-state index is 3.95. The van der Waals surface area contributed by atoms with Crippen LogP contribution >= 0.6 is 0 Å². The van der Waals surface area contributed by atoms with Crippen LogP contribution in [-0.2, 0) is 6.42 Å². The average molecular weight is 170 g/mol. The minimum Gasteiger partial charge on any atom is -0.0991 e. The molecule has 0 heteroatoms. The fourth-order valence-corrected chi connectivity index (χ4v) is 1.12. The lowest BCUT2D eigenvalue weighted by Gasteiger charge is -1.99. The van der Waals surface area contributed by atoms with Crippen molar-refractivity contribution in [3.63, 3.8) is 0 Å². The molecule has 1 rings (SSSR count). The van der Waals surface area contributed by atoms with Gasteiger partial charge in [-0.2, -0.15) is 0 Å². The molecule has 0 aliphatic rings. The quantitative estimate of drug-likeness (QED) is 0.606. The Morgan fingerprint density at radius 1 is 1.23 bits per heavy atom. The van der Waals surface area contributed by atoms with Crippen LogP contribution < -0.4 is 0 Å². The Morgan fingerprint density at radius 3 is 2.54 bits per heavy atom. The van der Waals surface area contributed by atoms with Crippen LogP contribution in [0.2, 0.25) is 0 Å². The fourth-order valence-electron chi connectivity index (χ4n) is 1.12. The molecule has 0 N–H and O–H groups in total. The van der Waals surface area contributed by atoms with Gasteiger partial charge in [0.1, 0.15) is 0 Å². The molecule has 0 fully saturated rings. The predicted octanol–water partition coefficient (Wildman–Crippen LogP) is 3.53. The second kappa shape index (κ2) is 5.15. The van der Waals surface area contributed by atoms with Gasteiger partial charge in [0.25, 0.3) is 0 Å². The summed E-state index contributed by atoms with van der Waals surface area (Å²) in [5, 5.41) is 0. The lowest BCUT2D eigenvalue weighted by Crippen LogP contribution is -1.84. The number of benzene rings is 1. The van der Waals surface area contributed by atoms with E-state index in [-0.39, 0.29) is 0 Å². The first-order chi connectivity index (χ1) is 6.33. The zero-order chi connectivity index (χ0) is 9.52. The van der Waals surface area contributed by atoms with E-state index in [1.165, 1.54) is 5.56 Å². The molecule has 0 amide bonds. The summed E-state index contributed by atoms with van der Waals surface area (Å²) < 4.78 is 0. The molecule has 0 bridgehead atoms. The minimum atomic E-state index is 0.908. The van der Waals surface area contributed by atoms with E-state index in [0.717, 1.165) is 12.0 Å². The summed E-state index contributed by atoms with van der Waals surface area (Å²) in [5.41, 5.74) is 2.40. The monoisotopic (exact) mass is 170 g/mol. The number of allylic oxidation sites excluding steroid dienone is 4. The van der Waals surface area contributed by atoms with Crippen molar-refractivity contribution in [1.29, 1.82) is 0 Å². The van der Waals surface area contributed by atoms with E-state index in [1.54, 1.807) is 6.08 Å². The Bertz CT molecular complexity index is 304. The van der Waals surface area contributed by atoms with E-state index in [2.05, 4.69) is 25.3 Å². The van der Waals surface area contributed by atoms with Gasteiger partial charge in [-0.05, 0) is 12.0 Å². The van der Waals surface area contributed by atoms with Gasteiger partial charge < -0.3 is 0 Å². The van der Waals surface area contributed by atoms with Gasteiger partial charge in [0.15, 0.2) is 0 Å². The van der Waals surface area contributed by atoms with Crippen molar-refractivity contribution in [2.75, 3.05) is 0 Å². The van der Waals surface area contributed by atoms with Crippen molar-refractivity contribution in [2.45, 2.75) is 6.42 Å². The molecule has 0 radical (unpaired) electrons. The van der Waals surface area contributed by atoms with Crippen LogP contribution in [0, 0.1) is 0 Å². The molecule has 13 heavy (non-hydrogen) atoms. The molecule has 0 aliphatic heterocycles. The SMILES string of the molecule is C=C/C=C\C(=C)Cc1ccccc1. The van der Waals surface area contributed by atoms with Gasteiger partial charge in [0, 0.05) is 0 Å². The van der Waals surface area contributed by atoms with E-state index >= 15 is 0 Å². The summed E-state index contributed by atoms with van der Waals surface area (Å²) in [7, 11) is 0. The van der Waals surface area contributed by atoms with E-state index in [9.17, 15) is 0 Å². The third-order valence-electron chi connectivity index (χ3n) is 1.74. The van der Waals surface area contributed by atoms with Gasteiger partial charge in [0.05, 0.1) is 0 Å². The molecule has 0 atom stereocenters. The molecule has 1 aromatic carbocycles. The summed E-state index contributed by atoms with van der Waals surface area (Å²) >= 11 is 0. The molecule has 0 aromatic heterocycles. The molecule has 0 nitrogen and oxygen atoms in total. The van der Waals surface area contributed by atoms with Crippen LogP contribution in [0.4, 0.5) is 0 Å². The number of hydrogen-bond acceptors (Lipinski definition) is 0. The van der Waals surface area contributed by atoms with Crippen molar-refractivity contribution < 1.29 is 0 Å². The standard InChI is InChI=1S/C13H14/c1-3-4-8-12(2)11-13-9-6-5-7-10-13/h3-10H,1-2,11H2/b8-4-. The highest BCUT2D eigenvalue weighted by Gasteiger charge is 1.91. The van der Waals surface area contributed by atoms with E-state index in [0.29, 0.717) is 0 Å². The van der Waals surface area contributed by atoms with Gasteiger partial charge in [-0.15, -0.1) is 0 Å². The maximum Gasteiger partial charge on any atom is -0.00316 e. The maximum absolute atomic E-state index is 3.95. The van der Waals surface area contributed by atoms with Crippen LogP contribution in [0.5, 0.6) is 0 Å². The Balaban J connectivity index is 2.55. The highest BCUT2D eigenvalue weighted by Crippen LogP contribution is 2.06. The Morgan fingerprint density at radius 2 is 1.92 bits per heavy atom. The van der Waals surface area contributed by atoms with E-state index < -0.39 is 0 Å². The van der Waals surface area contributed by atoms with Crippen molar-refractivity contribution in [1.82, 2.24) is 0 Å². The number of rotatable bonds is 4. The van der Waals surface area contributed by atoms with Gasteiger partial charge in [-0.1, -0.05) is 67.3 Å². The van der Waals surface area contributed by atoms with Crippen LogP contribution in [0.25, 0.3) is 0 Å². The zero-order valence-electron chi connectivity index (χ0n) is 7.74. The fraction of sp³-hybridized carbons (Fsp3) is 0.0769. The first-order valence-corrected chi connectivity index (χ1v) is 4.33. The molecule has 0 saturated heterocycles. The van der Waals surface area contributed by atoms with E-state index in [1.807, 2.05) is 30.4 Å². The van der Waals surface area contributed by atoms with Crippen molar-refractivity contribution >= 4 is 0 Å². The summed E-state index contributed by atoms with van der Waals surface area (Å²) in [6, 6.07) is 10.3.